The van der Waals surface area contributed by atoms with E-state index in [2.05, 4.69) is 20.2 Å². The Kier molecular flexibility index (Phi) is 7.02. The minimum absolute atomic E-state index is 0.0469. The normalized spacial score (nSPS) is 14.6. The van der Waals surface area contributed by atoms with Crippen LogP contribution < -0.4 is 16.0 Å². The highest BCUT2D eigenvalue weighted by atomic mass is 16.5. The molecule has 0 radical (unpaired) electrons. The summed E-state index contributed by atoms with van der Waals surface area (Å²) in [5.41, 5.74) is 6.45. The molecular formula is C15H22N8O. The Bertz CT molecular complexity index is 586. The van der Waals surface area contributed by atoms with Gasteiger partial charge in [0, 0.05) is 19.6 Å². The number of hydrogen-bond acceptors (Lipinski definition) is 9. The average Bonchev–Trinajstić information content (AvgIpc) is 2.61. The predicted molar refractivity (Wildman–Crippen MR) is 90.2 cm³/mol. The first-order chi connectivity index (χ1) is 11.8. The van der Waals surface area contributed by atoms with Crippen LogP contribution in [0.4, 0.5) is 17.3 Å². The van der Waals surface area contributed by atoms with E-state index in [1.165, 1.54) is 11.2 Å². The first-order valence-electron chi connectivity index (χ1n) is 7.89. The number of nitriles is 2. The number of nitrogens with one attached hydrogen (secondary N) is 1. The van der Waals surface area contributed by atoms with Gasteiger partial charge in [0.2, 0.25) is 0 Å². The van der Waals surface area contributed by atoms with Crippen LogP contribution in [0.25, 0.3) is 0 Å². The largest absolute Gasteiger partial charge is 0.393 e. The van der Waals surface area contributed by atoms with Gasteiger partial charge in [0.15, 0.2) is 11.6 Å². The van der Waals surface area contributed by atoms with Crippen molar-refractivity contribution >= 4 is 17.3 Å². The van der Waals surface area contributed by atoms with Crippen LogP contribution in [0.2, 0.25) is 0 Å². The molecule has 0 atom stereocenters. The summed E-state index contributed by atoms with van der Waals surface area (Å²) in [6, 6.07) is 4.02. The highest BCUT2D eigenvalue weighted by Crippen LogP contribution is 2.25. The summed E-state index contributed by atoms with van der Waals surface area (Å²) in [6.07, 6.45) is 2.34. The molecule has 24 heavy (non-hydrogen) atoms. The molecule has 1 saturated heterocycles. The van der Waals surface area contributed by atoms with Crippen LogP contribution in [0.1, 0.15) is 6.42 Å². The van der Waals surface area contributed by atoms with Gasteiger partial charge in [-0.25, -0.2) is 9.97 Å². The topological polar surface area (TPSA) is 127 Å². The van der Waals surface area contributed by atoms with E-state index in [1.54, 1.807) is 0 Å². The van der Waals surface area contributed by atoms with Gasteiger partial charge in [-0.05, 0) is 13.0 Å². The van der Waals surface area contributed by atoms with Gasteiger partial charge in [-0.1, -0.05) is 0 Å². The van der Waals surface area contributed by atoms with Gasteiger partial charge in [-0.2, -0.15) is 10.5 Å². The minimum Gasteiger partial charge on any atom is -0.393 e. The van der Waals surface area contributed by atoms with Crippen LogP contribution in [0.3, 0.4) is 0 Å². The molecule has 3 N–H and O–H groups in total. The molecule has 0 aliphatic carbocycles. The van der Waals surface area contributed by atoms with Crippen molar-refractivity contribution < 1.29 is 4.74 Å². The smallest absolute Gasteiger partial charge is 0.159 e. The lowest BCUT2D eigenvalue weighted by Gasteiger charge is -2.26. The van der Waals surface area contributed by atoms with Crippen molar-refractivity contribution in [1.29, 1.82) is 10.5 Å². The summed E-state index contributed by atoms with van der Waals surface area (Å²) in [6.45, 7) is 5.34. The van der Waals surface area contributed by atoms with Crippen LogP contribution >= 0.6 is 0 Å². The molecule has 0 spiro atoms. The van der Waals surface area contributed by atoms with Crippen molar-refractivity contribution in [2.75, 3.05) is 68.4 Å². The number of rotatable bonds is 8. The van der Waals surface area contributed by atoms with E-state index in [0.717, 1.165) is 45.8 Å². The van der Waals surface area contributed by atoms with Crippen LogP contribution in [0.5, 0.6) is 0 Å². The second-order valence-electron chi connectivity index (χ2n) is 5.37. The fourth-order valence-corrected chi connectivity index (χ4v) is 2.49. The fraction of sp³-hybridized carbons (Fsp3) is 0.600. The molecule has 1 fully saturated rings. The summed E-state index contributed by atoms with van der Waals surface area (Å²) in [5.74, 6) is 0.937. The van der Waals surface area contributed by atoms with E-state index in [-0.39, 0.29) is 13.1 Å². The first-order valence-corrected chi connectivity index (χ1v) is 7.89. The molecule has 1 aliphatic rings. The third-order valence-electron chi connectivity index (χ3n) is 3.73. The maximum absolute atomic E-state index is 8.87. The Labute approximate surface area is 141 Å². The Balaban J connectivity index is 1.89. The number of aromatic nitrogens is 2. The number of ether oxygens (including phenoxy) is 1. The van der Waals surface area contributed by atoms with E-state index in [1.807, 2.05) is 12.1 Å². The zero-order valence-electron chi connectivity index (χ0n) is 13.6. The Morgan fingerprint density at radius 3 is 2.62 bits per heavy atom. The van der Waals surface area contributed by atoms with E-state index in [0.29, 0.717) is 17.3 Å². The molecule has 0 saturated carbocycles. The van der Waals surface area contributed by atoms with E-state index >= 15 is 0 Å². The van der Waals surface area contributed by atoms with Crippen molar-refractivity contribution in [3.8, 4) is 12.1 Å². The Hall–Kier alpha value is -2.62. The molecule has 2 heterocycles. The van der Waals surface area contributed by atoms with Gasteiger partial charge in [-0.15, -0.1) is 0 Å². The molecule has 128 valence electrons. The molecule has 9 heteroatoms. The summed E-state index contributed by atoms with van der Waals surface area (Å²) >= 11 is 0. The molecule has 9 nitrogen and oxygen atoms in total. The number of hydrogen-bond donors (Lipinski definition) is 2. The zero-order chi connectivity index (χ0) is 17.2. The third-order valence-corrected chi connectivity index (χ3v) is 3.73. The molecule has 0 bridgehead atoms. The molecular weight excluding hydrogens is 308 g/mol. The minimum atomic E-state index is 0.0469. The maximum Gasteiger partial charge on any atom is 0.159 e. The van der Waals surface area contributed by atoms with Crippen molar-refractivity contribution in [2.45, 2.75) is 6.42 Å². The summed E-state index contributed by atoms with van der Waals surface area (Å²) in [7, 11) is 0. The highest BCUT2D eigenvalue weighted by Gasteiger charge is 2.15. The van der Waals surface area contributed by atoms with Gasteiger partial charge in [0.25, 0.3) is 0 Å². The molecule has 1 aromatic heterocycles. The summed E-state index contributed by atoms with van der Waals surface area (Å²) < 4.78 is 5.33. The second-order valence-corrected chi connectivity index (χ2v) is 5.37. The van der Waals surface area contributed by atoms with Crippen LogP contribution in [-0.4, -0.2) is 67.4 Å². The lowest BCUT2D eigenvalue weighted by Crippen LogP contribution is -2.37. The number of nitrogens with zero attached hydrogens (tertiary/aromatic N) is 6. The Morgan fingerprint density at radius 2 is 1.96 bits per heavy atom. The van der Waals surface area contributed by atoms with Gasteiger partial charge >= 0.3 is 0 Å². The van der Waals surface area contributed by atoms with Gasteiger partial charge in [0.05, 0.1) is 25.4 Å². The van der Waals surface area contributed by atoms with Crippen molar-refractivity contribution in [2.24, 2.45) is 0 Å². The zero-order valence-corrected chi connectivity index (χ0v) is 13.6. The monoisotopic (exact) mass is 330 g/mol. The van der Waals surface area contributed by atoms with Crippen LogP contribution in [0.15, 0.2) is 6.33 Å². The average molecular weight is 330 g/mol. The molecule has 1 aliphatic heterocycles. The quantitative estimate of drug-likeness (QED) is 0.502. The Morgan fingerprint density at radius 1 is 1.25 bits per heavy atom. The molecule has 0 amide bonds. The van der Waals surface area contributed by atoms with Crippen LogP contribution in [0, 0.1) is 22.7 Å². The van der Waals surface area contributed by atoms with Gasteiger partial charge in [-0.3, -0.25) is 4.90 Å². The maximum atomic E-state index is 8.87. The molecule has 0 aromatic carbocycles. The lowest BCUT2D eigenvalue weighted by atomic mass is 10.3. The lowest BCUT2D eigenvalue weighted by molar-refractivity contribution is 0.0378. The second kappa shape index (κ2) is 9.50. The first kappa shape index (κ1) is 17.7. The van der Waals surface area contributed by atoms with Crippen molar-refractivity contribution in [3.05, 3.63) is 6.33 Å². The van der Waals surface area contributed by atoms with E-state index in [4.69, 9.17) is 21.0 Å². The molecule has 2 rings (SSSR count). The van der Waals surface area contributed by atoms with Crippen molar-refractivity contribution in [1.82, 2.24) is 14.9 Å². The fourth-order valence-electron chi connectivity index (χ4n) is 2.49. The van der Waals surface area contributed by atoms with Gasteiger partial charge < -0.3 is 20.7 Å². The highest BCUT2D eigenvalue weighted by molar-refractivity contribution is 5.75. The third kappa shape index (κ3) is 4.95. The number of nitrogens with two attached hydrogens (primary N) is 1. The van der Waals surface area contributed by atoms with E-state index < -0.39 is 0 Å². The number of anilines is 3. The predicted octanol–water partition coefficient (Wildman–Crippen LogP) is 0.0466. The van der Waals surface area contributed by atoms with Crippen LogP contribution in [-0.2, 0) is 4.74 Å². The van der Waals surface area contributed by atoms with E-state index in [9.17, 15) is 0 Å². The molecule has 0 unspecified atom stereocenters. The number of morpholine rings is 1. The summed E-state index contributed by atoms with van der Waals surface area (Å²) in [5, 5.41) is 20.9. The number of nitrogen functional groups attached to an aromatic ring is 1. The SMILES string of the molecule is N#CCN(CC#N)c1ncnc(NCCCN2CCOCC2)c1N. The summed E-state index contributed by atoms with van der Waals surface area (Å²) in [4.78, 5) is 12.1. The molecule has 1 aromatic rings. The van der Waals surface area contributed by atoms with Crippen molar-refractivity contribution in [3.63, 3.8) is 0 Å². The van der Waals surface area contributed by atoms with Gasteiger partial charge in [0.1, 0.15) is 25.1 Å². The standard InChI is InChI=1S/C15H22N8O/c16-2-6-23(7-3-17)15-13(18)14(20-12-21-15)19-4-1-5-22-8-10-24-11-9-22/h12H,1,4-11,18H2,(H,19,20,21).